The summed E-state index contributed by atoms with van der Waals surface area (Å²) in [4.78, 5) is 12.6. The van der Waals surface area contributed by atoms with E-state index in [1.54, 1.807) is 4.57 Å². The standard InChI is InChI=1S/C17H15NO2/c1-3-20-12(2)17(19)18-15-10-6-4-8-13(15)14-9-5-7-11-16(14)18/h4-11H,2-3H2,1H3. The van der Waals surface area contributed by atoms with Crippen molar-refractivity contribution in [2.75, 3.05) is 6.61 Å². The van der Waals surface area contributed by atoms with Gasteiger partial charge >= 0.3 is 0 Å². The highest BCUT2D eigenvalue weighted by Crippen LogP contribution is 2.29. The van der Waals surface area contributed by atoms with Gasteiger partial charge in [0.25, 0.3) is 5.91 Å². The Balaban J connectivity index is 2.32. The Morgan fingerprint density at radius 1 is 1.05 bits per heavy atom. The molecule has 0 N–H and O–H groups in total. The van der Waals surface area contributed by atoms with Gasteiger partial charge in [-0.25, -0.2) is 0 Å². The van der Waals surface area contributed by atoms with Gasteiger partial charge in [-0.05, 0) is 19.1 Å². The topological polar surface area (TPSA) is 31.2 Å². The SMILES string of the molecule is C=C(OCC)C(=O)n1c2ccccc2c2ccccc21. The second-order valence-corrected chi connectivity index (χ2v) is 4.53. The molecule has 1 aromatic heterocycles. The lowest BCUT2D eigenvalue weighted by Crippen LogP contribution is -2.14. The lowest BCUT2D eigenvalue weighted by molar-refractivity contribution is 0.0859. The molecule has 0 fully saturated rings. The molecule has 0 saturated carbocycles. The maximum atomic E-state index is 12.6. The number of benzene rings is 2. The van der Waals surface area contributed by atoms with Crippen LogP contribution < -0.4 is 0 Å². The van der Waals surface area contributed by atoms with Gasteiger partial charge in [0.2, 0.25) is 0 Å². The molecule has 0 spiro atoms. The van der Waals surface area contributed by atoms with Gasteiger partial charge in [-0.2, -0.15) is 0 Å². The predicted molar refractivity (Wildman–Crippen MR) is 80.8 cm³/mol. The van der Waals surface area contributed by atoms with Crippen molar-refractivity contribution in [2.24, 2.45) is 0 Å². The first-order chi connectivity index (χ1) is 9.74. The van der Waals surface area contributed by atoms with E-state index in [2.05, 4.69) is 6.58 Å². The van der Waals surface area contributed by atoms with E-state index in [0.29, 0.717) is 6.61 Å². The van der Waals surface area contributed by atoms with Crippen LogP contribution in [0.4, 0.5) is 0 Å². The molecule has 3 heteroatoms. The van der Waals surface area contributed by atoms with Crippen LogP contribution in [-0.4, -0.2) is 17.1 Å². The lowest BCUT2D eigenvalue weighted by Gasteiger charge is -2.08. The maximum absolute atomic E-state index is 12.6. The van der Waals surface area contributed by atoms with E-state index in [9.17, 15) is 4.79 Å². The number of ether oxygens (including phenoxy) is 1. The number of hydrogen-bond acceptors (Lipinski definition) is 2. The Morgan fingerprint density at radius 3 is 2.05 bits per heavy atom. The second kappa shape index (κ2) is 4.85. The third kappa shape index (κ3) is 1.79. The molecule has 3 nitrogen and oxygen atoms in total. The highest BCUT2D eigenvalue weighted by Gasteiger charge is 2.18. The van der Waals surface area contributed by atoms with E-state index in [1.165, 1.54) is 0 Å². The highest BCUT2D eigenvalue weighted by atomic mass is 16.5. The number of aromatic nitrogens is 1. The summed E-state index contributed by atoms with van der Waals surface area (Å²) in [5.74, 6) is -0.0525. The monoisotopic (exact) mass is 265 g/mol. The summed E-state index contributed by atoms with van der Waals surface area (Å²) in [6, 6.07) is 15.7. The molecular weight excluding hydrogens is 250 g/mol. The summed E-state index contributed by atoms with van der Waals surface area (Å²) < 4.78 is 6.93. The molecular formula is C17H15NO2. The van der Waals surface area contributed by atoms with Gasteiger partial charge in [0, 0.05) is 10.8 Å². The quantitative estimate of drug-likeness (QED) is 0.529. The smallest absolute Gasteiger partial charge is 0.297 e. The lowest BCUT2D eigenvalue weighted by atomic mass is 10.2. The Hall–Kier alpha value is -2.55. The Bertz CT molecular complexity index is 761. The first-order valence-corrected chi connectivity index (χ1v) is 6.58. The van der Waals surface area contributed by atoms with Crippen LogP contribution in [0.15, 0.2) is 60.9 Å². The van der Waals surface area contributed by atoms with Crippen LogP contribution in [0.2, 0.25) is 0 Å². The molecule has 100 valence electrons. The average Bonchev–Trinajstić information content (AvgIpc) is 2.81. The summed E-state index contributed by atoms with van der Waals surface area (Å²) >= 11 is 0. The minimum Gasteiger partial charge on any atom is -0.489 e. The minimum absolute atomic E-state index is 0.166. The van der Waals surface area contributed by atoms with Gasteiger partial charge in [0.1, 0.15) is 0 Å². The zero-order valence-corrected chi connectivity index (χ0v) is 11.3. The number of para-hydroxylation sites is 2. The molecule has 0 aliphatic carbocycles. The number of hydrogen-bond donors (Lipinski definition) is 0. The van der Waals surface area contributed by atoms with E-state index in [-0.39, 0.29) is 11.7 Å². The van der Waals surface area contributed by atoms with Crippen molar-refractivity contribution in [1.82, 2.24) is 4.57 Å². The molecule has 0 radical (unpaired) electrons. The fourth-order valence-electron chi connectivity index (χ4n) is 2.50. The molecule has 0 atom stereocenters. The molecule has 3 rings (SSSR count). The number of fused-ring (bicyclic) bond motifs is 3. The molecule has 0 aliphatic rings. The molecule has 20 heavy (non-hydrogen) atoms. The van der Waals surface area contributed by atoms with Gasteiger partial charge < -0.3 is 4.74 Å². The average molecular weight is 265 g/mol. The summed E-state index contributed by atoms with van der Waals surface area (Å²) in [6.45, 7) is 5.99. The normalized spacial score (nSPS) is 10.8. The van der Waals surface area contributed by atoms with Crippen molar-refractivity contribution in [3.8, 4) is 0 Å². The Labute approximate surface area is 117 Å². The number of carbonyl (C=O) groups excluding carboxylic acids is 1. The largest absolute Gasteiger partial charge is 0.489 e. The Kier molecular flexibility index (Phi) is 3.03. The van der Waals surface area contributed by atoms with Crippen LogP contribution in [0.5, 0.6) is 0 Å². The summed E-state index contributed by atoms with van der Waals surface area (Å²) in [5.41, 5.74) is 1.75. The molecule has 0 amide bonds. The Morgan fingerprint density at radius 2 is 1.55 bits per heavy atom. The van der Waals surface area contributed by atoms with E-state index in [1.807, 2.05) is 55.5 Å². The third-order valence-electron chi connectivity index (χ3n) is 3.34. The van der Waals surface area contributed by atoms with Crippen molar-refractivity contribution in [1.29, 1.82) is 0 Å². The second-order valence-electron chi connectivity index (χ2n) is 4.53. The molecule has 0 bridgehead atoms. The molecule has 2 aromatic carbocycles. The first kappa shape index (κ1) is 12.5. The van der Waals surface area contributed by atoms with Crippen molar-refractivity contribution >= 4 is 27.7 Å². The van der Waals surface area contributed by atoms with Crippen LogP contribution in [0.25, 0.3) is 21.8 Å². The molecule has 3 aromatic rings. The highest BCUT2D eigenvalue weighted by molar-refractivity contribution is 6.15. The zero-order valence-electron chi connectivity index (χ0n) is 11.3. The van der Waals surface area contributed by atoms with Crippen LogP contribution in [0.3, 0.4) is 0 Å². The van der Waals surface area contributed by atoms with E-state index >= 15 is 0 Å². The van der Waals surface area contributed by atoms with Gasteiger partial charge in [-0.3, -0.25) is 9.36 Å². The molecule has 0 unspecified atom stereocenters. The fourth-order valence-corrected chi connectivity index (χ4v) is 2.50. The fraction of sp³-hybridized carbons (Fsp3) is 0.118. The van der Waals surface area contributed by atoms with Gasteiger partial charge in [0.15, 0.2) is 5.76 Å². The number of allylic oxidation sites excluding steroid dienone is 1. The van der Waals surface area contributed by atoms with Crippen LogP contribution in [0, 0.1) is 0 Å². The van der Waals surface area contributed by atoms with Crippen molar-refractivity contribution in [2.45, 2.75) is 6.92 Å². The maximum Gasteiger partial charge on any atom is 0.297 e. The molecule has 1 heterocycles. The number of nitrogens with zero attached hydrogens (tertiary/aromatic N) is 1. The van der Waals surface area contributed by atoms with Crippen LogP contribution in [-0.2, 0) is 4.74 Å². The van der Waals surface area contributed by atoms with Crippen molar-refractivity contribution in [3.05, 3.63) is 60.9 Å². The van der Waals surface area contributed by atoms with Crippen LogP contribution in [0.1, 0.15) is 11.7 Å². The number of rotatable bonds is 3. The predicted octanol–water partition coefficient (Wildman–Crippen LogP) is 3.98. The van der Waals surface area contributed by atoms with E-state index < -0.39 is 0 Å². The first-order valence-electron chi connectivity index (χ1n) is 6.58. The van der Waals surface area contributed by atoms with E-state index in [0.717, 1.165) is 21.8 Å². The summed E-state index contributed by atoms with van der Waals surface area (Å²) in [7, 11) is 0. The zero-order chi connectivity index (χ0) is 14.1. The summed E-state index contributed by atoms with van der Waals surface area (Å²) in [6.07, 6.45) is 0. The van der Waals surface area contributed by atoms with Gasteiger partial charge in [-0.1, -0.05) is 43.0 Å². The van der Waals surface area contributed by atoms with E-state index in [4.69, 9.17) is 4.74 Å². The van der Waals surface area contributed by atoms with Gasteiger partial charge in [-0.15, -0.1) is 0 Å². The van der Waals surface area contributed by atoms with Crippen molar-refractivity contribution < 1.29 is 9.53 Å². The minimum atomic E-state index is -0.218. The molecule has 0 saturated heterocycles. The van der Waals surface area contributed by atoms with Crippen LogP contribution >= 0.6 is 0 Å². The summed E-state index contributed by atoms with van der Waals surface area (Å²) in [5, 5.41) is 2.11. The third-order valence-corrected chi connectivity index (χ3v) is 3.34. The molecule has 0 aliphatic heterocycles. The number of carbonyl (C=O) groups is 1. The van der Waals surface area contributed by atoms with Crippen molar-refractivity contribution in [3.63, 3.8) is 0 Å². The van der Waals surface area contributed by atoms with Gasteiger partial charge in [0.05, 0.1) is 17.6 Å².